The van der Waals surface area contributed by atoms with E-state index in [9.17, 15) is 4.79 Å². The standard InChI is InChI=1S/C15H21ClN2O.ClH/c1-10-8-12(5-6-14(10)16)15(19)18-7-3-4-13(9-18)11(2)17;/h5-6,8,11,13H,3-4,7,9,17H2,1-2H3;1H. The molecular formula is C15H22Cl2N2O. The van der Waals surface area contributed by atoms with E-state index in [1.165, 1.54) is 0 Å². The van der Waals surface area contributed by atoms with Gasteiger partial charge in [-0.2, -0.15) is 0 Å². The summed E-state index contributed by atoms with van der Waals surface area (Å²) in [7, 11) is 0. The van der Waals surface area contributed by atoms with E-state index >= 15 is 0 Å². The molecule has 2 unspecified atom stereocenters. The molecule has 2 atom stereocenters. The summed E-state index contributed by atoms with van der Waals surface area (Å²) in [6.07, 6.45) is 2.14. The summed E-state index contributed by atoms with van der Waals surface area (Å²) in [5.41, 5.74) is 7.61. The van der Waals surface area contributed by atoms with Gasteiger partial charge in [0.25, 0.3) is 5.91 Å². The monoisotopic (exact) mass is 316 g/mol. The average Bonchev–Trinajstić information content (AvgIpc) is 2.41. The van der Waals surface area contributed by atoms with Crippen molar-refractivity contribution in [1.29, 1.82) is 0 Å². The molecule has 1 amide bonds. The molecule has 1 heterocycles. The summed E-state index contributed by atoms with van der Waals surface area (Å²) < 4.78 is 0. The molecule has 0 radical (unpaired) electrons. The van der Waals surface area contributed by atoms with Gasteiger partial charge >= 0.3 is 0 Å². The van der Waals surface area contributed by atoms with Crippen molar-refractivity contribution < 1.29 is 4.79 Å². The summed E-state index contributed by atoms with van der Waals surface area (Å²) in [5, 5.41) is 0.698. The number of halogens is 2. The highest BCUT2D eigenvalue weighted by Crippen LogP contribution is 2.22. The van der Waals surface area contributed by atoms with E-state index in [-0.39, 0.29) is 24.4 Å². The molecule has 0 aliphatic carbocycles. The number of likely N-dealkylation sites (tertiary alicyclic amines) is 1. The van der Waals surface area contributed by atoms with Crippen LogP contribution in [0.25, 0.3) is 0 Å². The lowest BCUT2D eigenvalue weighted by atomic mass is 9.92. The number of nitrogens with two attached hydrogens (primary N) is 1. The molecule has 1 fully saturated rings. The van der Waals surface area contributed by atoms with Gasteiger partial charge in [-0.05, 0) is 56.4 Å². The molecule has 112 valence electrons. The largest absolute Gasteiger partial charge is 0.338 e. The highest BCUT2D eigenvalue weighted by Gasteiger charge is 2.26. The van der Waals surface area contributed by atoms with Gasteiger partial charge in [-0.1, -0.05) is 11.6 Å². The summed E-state index contributed by atoms with van der Waals surface area (Å²) in [4.78, 5) is 14.4. The SMILES string of the molecule is Cc1cc(C(=O)N2CCCC(C(C)N)C2)ccc1Cl.Cl. The van der Waals surface area contributed by atoms with Gasteiger partial charge in [-0.25, -0.2) is 0 Å². The first kappa shape index (κ1) is 17.3. The molecule has 1 saturated heterocycles. The van der Waals surface area contributed by atoms with Crippen LogP contribution in [0.15, 0.2) is 18.2 Å². The van der Waals surface area contributed by atoms with Crippen molar-refractivity contribution in [2.45, 2.75) is 32.7 Å². The van der Waals surface area contributed by atoms with Crippen LogP contribution in [0.1, 0.15) is 35.7 Å². The normalized spacial score (nSPS) is 20.2. The zero-order valence-corrected chi connectivity index (χ0v) is 13.5. The van der Waals surface area contributed by atoms with E-state index in [4.69, 9.17) is 17.3 Å². The molecule has 0 spiro atoms. The van der Waals surface area contributed by atoms with Crippen LogP contribution in [-0.2, 0) is 0 Å². The van der Waals surface area contributed by atoms with Gasteiger partial charge in [-0.15, -0.1) is 12.4 Å². The van der Waals surface area contributed by atoms with Gasteiger partial charge in [-0.3, -0.25) is 4.79 Å². The molecule has 3 nitrogen and oxygen atoms in total. The summed E-state index contributed by atoms with van der Waals surface area (Å²) in [6, 6.07) is 5.59. The van der Waals surface area contributed by atoms with Crippen LogP contribution in [0.2, 0.25) is 5.02 Å². The van der Waals surface area contributed by atoms with Crippen LogP contribution in [0.5, 0.6) is 0 Å². The van der Waals surface area contributed by atoms with Crippen LogP contribution in [0.3, 0.4) is 0 Å². The fourth-order valence-electron chi connectivity index (χ4n) is 2.58. The van der Waals surface area contributed by atoms with E-state index < -0.39 is 0 Å². The molecule has 0 aromatic heterocycles. The van der Waals surface area contributed by atoms with E-state index in [0.717, 1.165) is 31.5 Å². The molecule has 1 aromatic carbocycles. The second kappa shape index (κ2) is 7.30. The minimum Gasteiger partial charge on any atom is -0.338 e. The fraction of sp³-hybridized carbons (Fsp3) is 0.533. The Labute approximate surface area is 131 Å². The lowest BCUT2D eigenvalue weighted by Crippen LogP contribution is -2.45. The van der Waals surface area contributed by atoms with Crippen LogP contribution in [0, 0.1) is 12.8 Å². The first-order valence-electron chi connectivity index (χ1n) is 6.80. The van der Waals surface area contributed by atoms with Gasteiger partial charge in [0.15, 0.2) is 0 Å². The van der Waals surface area contributed by atoms with Crippen molar-refractivity contribution >= 4 is 29.9 Å². The maximum Gasteiger partial charge on any atom is 0.253 e. The number of nitrogens with zero attached hydrogens (tertiary/aromatic N) is 1. The molecule has 20 heavy (non-hydrogen) atoms. The smallest absolute Gasteiger partial charge is 0.253 e. The number of benzene rings is 1. The lowest BCUT2D eigenvalue weighted by molar-refractivity contribution is 0.0661. The van der Waals surface area contributed by atoms with Crippen molar-refractivity contribution in [3.8, 4) is 0 Å². The quantitative estimate of drug-likeness (QED) is 0.910. The molecule has 1 aliphatic rings. The molecule has 5 heteroatoms. The minimum absolute atomic E-state index is 0. The van der Waals surface area contributed by atoms with Crippen LogP contribution in [0.4, 0.5) is 0 Å². The summed E-state index contributed by atoms with van der Waals surface area (Å²) >= 11 is 5.99. The highest BCUT2D eigenvalue weighted by molar-refractivity contribution is 6.31. The predicted octanol–water partition coefficient (Wildman–Crippen LogP) is 3.27. The van der Waals surface area contributed by atoms with E-state index in [0.29, 0.717) is 16.5 Å². The Morgan fingerprint density at radius 3 is 2.80 bits per heavy atom. The summed E-state index contributed by atoms with van der Waals surface area (Å²) in [6.45, 7) is 5.52. The zero-order valence-electron chi connectivity index (χ0n) is 11.9. The number of aryl methyl sites for hydroxylation is 1. The number of amides is 1. The number of carbonyl (C=O) groups excluding carboxylic acids is 1. The van der Waals surface area contributed by atoms with Gasteiger partial charge in [0.05, 0.1) is 0 Å². The van der Waals surface area contributed by atoms with Crippen LogP contribution < -0.4 is 5.73 Å². The third-order valence-corrected chi connectivity index (χ3v) is 4.32. The number of piperidine rings is 1. The molecular weight excluding hydrogens is 295 g/mol. The minimum atomic E-state index is 0. The second-order valence-electron chi connectivity index (χ2n) is 5.48. The van der Waals surface area contributed by atoms with Gasteiger partial charge < -0.3 is 10.6 Å². The Balaban J connectivity index is 0.00000200. The highest BCUT2D eigenvalue weighted by atomic mass is 35.5. The Kier molecular flexibility index (Phi) is 6.31. The molecule has 1 aromatic rings. The Morgan fingerprint density at radius 2 is 2.20 bits per heavy atom. The first-order chi connectivity index (χ1) is 8.99. The van der Waals surface area contributed by atoms with Crippen molar-refractivity contribution in [2.24, 2.45) is 11.7 Å². The Hall–Kier alpha value is -0.770. The maximum atomic E-state index is 12.5. The van der Waals surface area contributed by atoms with Crippen molar-refractivity contribution in [1.82, 2.24) is 4.90 Å². The average molecular weight is 317 g/mol. The molecule has 2 rings (SSSR count). The van der Waals surface area contributed by atoms with E-state index in [2.05, 4.69) is 0 Å². The lowest BCUT2D eigenvalue weighted by Gasteiger charge is -2.34. The van der Waals surface area contributed by atoms with E-state index in [1.54, 1.807) is 12.1 Å². The third kappa shape index (κ3) is 3.87. The topological polar surface area (TPSA) is 46.3 Å². The van der Waals surface area contributed by atoms with E-state index in [1.807, 2.05) is 24.8 Å². The molecule has 2 N–H and O–H groups in total. The van der Waals surface area contributed by atoms with Gasteiger partial charge in [0.2, 0.25) is 0 Å². The summed E-state index contributed by atoms with van der Waals surface area (Å²) in [5.74, 6) is 0.496. The number of rotatable bonds is 2. The fourth-order valence-corrected chi connectivity index (χ4v) is 2.70. The Morgan fingerprint density at radius 1 is 1.50 bits per heavy atom. The van der Waals surface area contributed by atoms with Crippen molar-refractivity contribution in [3.05, 3.63) is 34.3 Å². The maximum absolute atomic E-state index is 12.5. The molecule has 0 saturated carbocycles. The number of hydrogen-bond acceptors (Lipinski definition) is 2. The second-order valence-corrected chi connectivity index (χ2v) is 5.88. The first-order valence-corrected chi connectivity index (χ1v) is 7.18. The van der Waals surface area contributed by atoms with Crippen molar-refractivity contribution in [2.75, 3.05) is 13.1 Å². The van der Waals surface area contributed by atoms with Crippen LogP contribution in [-0.4, -0.2) is 29.9 Å². The van der Waals surface area contributed by atoms with Gasteiger partial charge in [0, 0.05) is 29.7 Å². The van der Waals surface area contributed by atoms with Gasteiger partial charge in [0.1, 0.15) is 0 Å². The number of hydrogen-bond donors (Lipinski definition) is 1. The zero-order chi connectivity index (χ0) is 14.0. The van der Waals surface area contributed by atoms with Crippen LogP contribution >= 0.6 is 24.0 Å². The van der Waals surface area contributed by atoms with Crippen molar-refractivity contribution in [3.63, 3.8) is 0 Å². The Bertz CT molecular complexity index is 477. The molecule has 0 bridgehead atoms. The predicted molar refractivity (Wildman–Crippen MR) is 85.7 cm³/mol. The third-order valence-electron chi connectivity index (χ3n) is 3.89. The molecule has 1 aliphatic heterocycles. The number of carbonyl (C=O) groups is 1.